The van der Waals surface area contributed by atoms with Crippen LogP contribution in [0, 0.1) is 17.8 Å². The number of aliphatic hydroxyl groups is 5. The van der Waals surface area contributed by atoms with E-state index in [2.05, 4.69) is 86.1 Å². The van der Waals surface area contributed by atoms with Crippen LogP contribution in [0.3, 0.4) is 0 Å². The van der Waals surface area contributed by atoms with Gasteiger partial charge in [0.1, 0.15) is 97.1 Å². The van der Waals surface area contributed by atoms with Gasteiger partial charge in [0.05, 0.1) is 114 Å². The number of hydrogen-bond acceptors (Lipinski definition) is 37. The Morgan fingerprint density at radius 2 is 1.48 bits per heavy atom. The Bertz CT molecular complexity index is 5770. The van der Waals surface area contributed by atoms with E-state index in [4.69, 9.17) is 44.5 Å². The monoisotopic (exact) mass is 1970 g/mol. The number of fused-ring (bicyclic) bond motifs is 7. The van der Waals surface area contributed by atoms with E-state index in [1.165, 1.54) is 100 Å². The number of rotatable bonds is 25. The molecule has 13 bridgehead atoms. The molecule has 6 aromatic rings. The Labute approximate surface area is 801 Å². The second-order valence-corrected chi connectivity index (χ2v) is 37.7. The minimum atomic E-state index is -2.12. The van der Waals surface area contributed by atoms with E-state index in [1.54, 1.807) is 45.2 Å². The number of ketones is 3. The van der Waals surface area contributed by atoms with Gasteiger partial charge in [-0.2, -0.15) is 0 Å². The molecule has 1 aromatic carbocycles. The molecular weight excluding hydrogens is 1860 g/mol. The molecule has 5 aromatic heterocycles. The molecule has 17 atom stereocenters. The van der Waals surface area contributed by atoms with Crippen LogP contribution in [-0.4, -0.2) is 244 Å². The zero-order chi connectivity index (χ0) is 98.9. The van der Waals surface area contributed by atoms with Crippen molar-refractivity contribution in [3.63, 3.8) is 0 Å². The van der Waals surface area contributed by atoms with Crippen LogP contribution in [0.2, 0.25) is 0 Å². The minimum Gasteiger partial charge on any atom is -0.455 e. The molecule has 0 radical (unpaired) electrons. The van der Waals surface area contributed by atoms with Crippen LogP contribution >= 0.6 is 57.1 Å². The lowest BCUT2D eigenvalue weighted by molar-refractivity contribution is -0.131. The van der Waals surface area contributed by atoms with E-state index >= 15 is 14.4 Å². The minimum absolute atomic E-state index is 0.00336. The largest absolute Gasteiger partial charge is 0.455 e. The van der Waals surface area contributed by atoms with E-state index < -0.39 is 220 Å². The third kappa shape index (κ3) is 25.5. The number of aliphatic imine (C=N–C) groups is 2. The number of Topliss-reactive ketones (excluding diaryl/α,β-unsaturated/α-hetero) is 3. The third-order valence-electron chi connectivity index (χ3n) is 23.2. The van der Waals surface area contributed by atoms with Crippen LogP contribution in [0.1, 0.15) is 238 Å². The molecule has 17 unspecified atom stereocenters. The Morgan fingerprint density at radius 3 is 2.18 bits per heavy atom. The Hall–Kier alpha value is -11.9. The van der Waals surface area contributed by atoms with Crippen molar-refractivity contribution in [3.05, 3.63) is 183 Å². The third-order valence-corrected chi connectivity index (χ3v) is 28.1. The van der Waals surface area contributed by atoms with Crippen LogP contribution in [-0.2, 0) is 67.7 Å². The van der Waals surface area contributed by atoms with Crippen LogP contribution in [0.4, 0.5) is 0 Å². The average molecular weight is 1970 g/mol. The number of esters is 1. The van der Waals surface area contributed by atoms with Gasteiger partial charge in [0.15, 0.2) is 17.3 Å². The number of thiazole rings is 4. The number of carbonyl (C=O) groups is 13. The number of amides is 9. The van der Waals surface area contributed by atoms with Gasteiger partial charge in [0.25, 0.3) is 35.4 Å². The normalized spacial score (nSPS) is 24.8. The molecule has 9 amide bonds. The molecule has 726 valence electrons. The second kappa shape index (κ2) is 46.8. The number of cyclic esters (lactones) is 1. The molecule has 5 aliphatic rings. The summed E-state index contributed by atoms with van der Waals surface area (Å²) < 4.78 is 22.1. The van der Waals surface area contributed by atoms with E-state index in [9.17, 15) is 73.5 Å². The van der Waals surface area contributed by atoms with E-state index in [0.717, 1.165) is 63.3 Å². The van der Waals surface area contributed by atoms with Crippen LogP contribution in [0.15, 0.2) is 121 Å². The summed E-state index contributed by atoms with van der Waals surface area (Å²) in [6, 6.07) is -0.765. The molecule has 1 aliphatic carbocycles. The van der Waals surface area contributed by atoms with Gasteiger partial charge in [-0.05, 0) is 89.6 Å². The summed E-state index contributed by atoms with van der Waals surface area (Å²) in [6.45, 7) is 24.1. The van der Waals surface area contributed by atoms with Crippen molar-refractivity contribution >= 4 is 157 Å². The highest BCUT2D eigenvalue weighted by Crippen LogP contribution is 2.49. The number of nitrogens with two attached hydrogens (primary N) is 1. The number of hydrogen-bond donors (Lipinski definition) is 15. The standard InChI is InChI=1S/C90H108N18O23S5/c1-14-41(3)68-67(114)30-42(4)75(117)94-44(6)65(112)29-43(5)76(118)108-90-22-21-57(85-104-62(39-134-85)79(121)95-45(7)77(119)100-59(74(91)116)35-92-78(120)51-18-16-17-50(31-51)34-93-130-28-27-129-26-25-128-24-23-127-13)98-73(90)61-37-135-86(102-61)70(48(10)131-87(125)58-32-53(46(8)109)52-19-20-56(96-68)72(115)71(52)97-58)107-80(122)63-38-132-83(103-63)54(89(12,126)49(11)111)33-66(113)60-36-133-84(101-60)55(15-2)99-82(124)69(47(9)110)106-81(123)64-40-136-88(90)105-64/h15-20,31-32,34-35,37-43,46-49,54,56,60,68-70,72-73,96,109-111,115,126H,6-7,14,21-30,33,36H2,1-5,8-13H3,(H2,91,116)(H,92,120)(H,94,117)(H,95,121)(H,99,124)(H,100,119)(H,106,123)(H,107,122)(H,108,118)/b55-15-,59-35?,93-34?. The number of primary amides is 1. The number of carbonyl (C=O) groups excluding carboxylic acids is 13. The summed E-state index contributed by atoms with van der Waals surface area (Å²) in [4.78, 5) is 227. The Balaban J connectivity index is 0.998. The lowest BCUT2D eigenvalue weighted by Crippen LogP contribution is -2.54. The number of allylic oxidation sites excluding steroid dienone is 2. The first-order valence-corrected chi connectivity index (χ1v) is 47.9. The highest BCUT2D eigenvalue weighted by Gasteiger charge is 2.52. The number of nitrogens with zero attached hydrogens (tertiary/aromatic N) is 8. The molecule has 16 N–H and O–H groups in total. The van der Waals surface area contributed by atoms with E-state index in [-0.39, 0.29) is 113 Å². The maximum absolute atomic E-state index is 15.6. The number of nitrogens with one attached hydrogen (secondary N) is 9. The molecule has 0 spiro atoms. The molecule has 11 rings (SSSR count). The zero-order valence-corrected chi connectivity index (χ0v) is 80.2. The first kappa shape index (κ1) is 105. The predicted molar refractivity (Wildman–Crippen MR) is 502 cm³/mol. The van der Waals surface area contributed by atoms with Crippen molar-refractivity contribution < 1.29 is 112 Å². The molecule has 0 saturated carbocycles. The van der Waals surface area contributed by atoms with Crippen LogP contribution in [0.25, 0.3) is 6.08 Å². The molecule has 0 fully saturated rings. The molecule has 4 aliphatic heterocycles. The smallest absolute Gasteiger partial charge is 0.357 e. The van der Waals surface area contributed by atoms with Crippen molar-refractivity contribution in [2.45, 2.75) is 192 Å². The molecule has 136 heavy (non-hydrogen) atoms. The number of benzene rings is 1. The van der Waals surface area contributed by atoms with Crippen molar-refractivity contribution in [1.29, 1.82) is 0 Å². The number of ether oxygens (including phenoxy) is 4. The first-order chi connectivity index (χ1) is 64.6. The highest BCUT2D eigenvalue weighted by molar-refractivity contribution is 8.14. The topological polar surface area (TPSA) is 605 Å². The van der Waals surface area contributed by atoms with Crippen LogP contribution < -0.4 is 53.6 Å². The van der Waals surface area contributed by atoms with E-state index in [0.29, 0.717) is 38.4 Å². The summed E-state index contributed by atoms with van der Waals surface area (Å²) in [5.74, 6) is -15.9. The summed E-state index contributed by atoms with van der Waals surface area (Å²) in [7, 11) is 1.57. The maximum atomic E-state index is 15.6. The van der Waals surface area contributed by atoms with Crippen molar-refractivity contribution in [2.75, 3.05) is 52.5 Å². The quantitative estimate of drug-likeness (QED) is 0.0122. The van der Waals surface area contributed by atoms with Crippen molar-refractivity contribution in [2.24, 2.45) is 38.6 Å². The fraction of sp³-hybridized carbons (Fsp3) is 0.456. The van der Waals surface area contributed by atoms with Gasteiger partial charge in [-0.25, -0.2) is 29.7 Å². The Morgan fingerprint density at radius 1 is 0.779 bits per heavy atom. The van der Waals surface area contributed by atoms with E-state index in [1.807, 2.05) is 6.92 Å². The molecule has 9 heterocycles. The molecular formula is C90H108N18O23S5. The summed E-state index contributed by atoms with van der Waals surface area (Å²) in [5, 5.41) is 91.9. The summed E-state index contributed by atoms with van der Waals surface area (Å²) in [6.07, 6.45) is -2.41. The number of thioether (sulfide) groups is 1. The Kier molecular flexibility index (Phi) is 36.0. The zero-order valence-electron chi connectivity index (χ0n) is 76.1. The maximum Gasteiger partial charge on any atom is 0.357 e. The average Bonchev–Trinajstić information content (AvgIpc) is 0.968. The SMILES string of the molecule is C=C1NC(=O)C(C)CC(=O)C(C(C)CC)NC2C=Cc3c(C(C)O)cc(nc3C2O)C(=O)OC(C)C2NC(=O)c3csc(n3)C(C(C)(O)C(C)O)CC(=O)C3CSC(=N3)/C(=C/C)NC(=O)C(C(C)O)NC(=O)c3csc(n3)C3(CCC(c4nc(C(=O)NC(=C)C(=O)NC(=CNC(=O)c5cccc(C=NOCCOCCOCCOC)c5)C(N)=O)cs4)=NC3c3csc2n3)NC(=O)C(C)CC1=O. The number of aromatic nitrogens is 5. The number of pyridine rings is 1. The van der Waals surface area contributed by atoms with Crippen LogP contribution in [0.5, 0.6) is 0 Å². The lowest BCUT2D eigenvalue weighted by atomic mass is 9.80. The fourth-order valence-corrected chi connectivity index (χ4v) is 19.8. The number of methoxy groups -OCH3 is 1. The fourth-order valence-electron chi connectivity index (χ4n) is 14.8. The second-order valence-electron chi connectivity index (χ2n) is 33.2. The van der Waals surface area contributed by atoms with Crippen molar-refractivity contribution in [3.8, 4) is 0 Å². The van der Waals surface area contributed by atoms with Gasteiger partial charge in [-0.1, -0.05) is 82.8 Å². The molecule has 0 saturated heterocycles. The lowest BCUT2D eigenvalue weighted by Gasteiger charge is -2.41. The van der Waals surface area contributed by atoms with Gasteiger partial charge in [-0.3, -0.25) is 72.8 Å². The summed E-state index contributed by atoms with van der Waals surface area (Å²) >= 11 is 4.51. The predicted octanol–water partition coefficient (Wildman–Crippen LogP) is 4.63. The van der Waals surface area contributed by atoms with Gasteiger partial charge in [0, 0.05) is 88.7 Å². The van der Waals surface area contributed by atoms with Gasteiger partial charge < -0.3 is 97.6 Å². The number of aliphatic hydroxyl groups excluding tert-OH is 4. The molecule has 46 heteroatoms. The molecule has 41 nitrogen and oxygen atoms in total. The van der Waals surface area contributed by atoms with Gasteiger partial charge in [0.2, 0.25) is 17.7 Å². The van der Waals surface area contributed by atoms with Gasteiger partial charge >= 0.3 is 5.97 Å². The number of oxime groups is 1. The highest BCUT2D eigenvalue weighted by atomic mass is 32.2. The summed E-state index contributed by atoms with van der Waals surface area (Å²) in [5.41, 5.74) is -0.850. The first-order valence-electron chi connectivity index (χ1n) is 43.4. The van der Waals surface area contributed by atoms with Gasteiger partial charge in [-0.15, -0.1) is 57.1 Å². The van der Waals surface area contributed by atoms with Crippen molar-refractivity contribution in [1.82, 2.24) is 72.8 Å².